The van der Waals surface area contributed by atoms with Gasteiger partial charge in [0.15, 0.2) is 11.5 Å². The third kappa shape index (κ3) is 5.65. The minimum Gasteiger partial charge on any atom is -0.493 e. The van der Waals surface area contributed by atoms with E-state index < -0.39 is 12.0 Å². The number of fused-ring (bicyclic) bond motifs is 1. The van der Waals surface area contributed by atoms with E-state index in [2.05, 4.69) is 10.3 Å². The first-order valence-electron chi connectivity index (χ1n) is 10.7. The monoisotopic (exact) mass is 498 g/mol. The van der Waals surface area contributed by atoms with Crippen molar-refractivity contribution >= 4 is 40.1 Å². The van der Waals surface area contributed by atoms with Gasteiger partial charge < -0.3 is 24.9 Å². The van der Waals surface area contributed by atoms with Crippen LogP contribution in [0.25, 0.3) is 10.9 Å². The first kappa shape index (κ1) is 24.0. The summed E-state index contributed by atoms with van der Waals surface area (Å²) >= 11 is 12.4. The van der Waals surface area contributed by atoms with Crippen molar-refractivity contribution in [1.29, 1.82) is 0 Å². The van der Waals surface area contributed by atoms with Gasteiger partial charge in [0.05, 0.1) is 12.1 Å². The number of H-pyrrole nitrogens is 1. The Kier molecular flexibility index (Phi) is 7.63. The van der Waals surface area contributed by atoms with Crippen LogP contribution >= 0.6 is 23.2 Å². The second-order valence-electron chi connectivity index (χ2n) is 7.86. The van der Waals surface area contributed by atoms with Crippen LogP contribution in [0.1, 0.15) is 16.7 Å². The maximum absolute atomic E-state index is 11.9. The third-order valence-electron chi connectivity index (χ3n) is 5.54. The molecule has 0 aliphatic rings. The number of hydrogen-bond acceptors (Lipinski definition) is 4. The van der Waals surface area contributed by atoms with Crippen LogP contribution in [-0.2, 0) is 24.4 Å². The number of halogens is 2. The number of aliphatic carboxylic acids is 1. The summed E-state index contributed by atoms with van der Waals surface area (Å²) in [5.74, 6) is -0.0236. The largest absolute Gasteiger partial charge is 0.493 e. The lowest BCUT2D eigenvalue weighted by molar-refractivity contribution is -0.139. The van der Waals surface area contributed by atoms with Crippen molar-refractivity contribution in [2.24, 2.45) is 0 Å². The van der Waals surface area contributed by atoms with E-state index in [9.17, 15) is 9.90 Å². The summed E-state index contributed by atoms with van der Waals surface area (Å²) in [6.45, 7) is 0.601. The molecule has 0 aliphatic heterocycles. The number of para-hydroxylation sites is 1. The van der Waals surface area contributed by atoms with Crippen molar-refractivity contribution in [3.8, 4) is 11.5 Å². The Labute approximate surface area is 207 Å². The molecule has 176 valence electrons. The molecule has 3 aromatic carbocycles. The highest BCUT2D eigenvalue weighted by Crippen LogP contribution is 2.37. The first-order chi connectivity index (χ1) is 16.4. The summed E-state index contributed by atoms with van der Waals surface area (Å²) in [5, 5.41) is 14.9. The molecular formula is C26H24Cl2N2O4. The molecule has 1 heterocycles. The fraction of sp³-hybridized carbons (Fsp3) is 0.192. The molecule has 34 heavy (non-hydrogen) atoms. The summed E-state index contributed by atoms with van der Waals surface area (Å²) < 4.78 is 11.4. The molecule has 4 rings (SSSR count). The number of carbonyl (C=O) groups is 1. The van der Waals surface area contributed by atoms with E-state index in [4.69, 9.17) is 32.7 Å². The number of hydrogen-bond donors (Lipinski definition) is 3. The summed E-state index contributed by atoms with van der Waals surface area (Å²) in [4.78, 5) is 15.1. The second kappa shape index (κ2) is 10.8. The minimum absolute atomic E-state index is 0.298. The minimum atomic E-state index is -0.925. The number of carboxylic acid groups (broad SMARTS) is 1. The fourth-order valence-corrected chi connectivity index (χ4v) is 4.17. The Morgan fingerprint density at radius 2 is 1.85 bits per heavy atom. The molecular weight excluding hydrogens is 475 g/mol. The number of rotatable bonds is 10. The van der Waals surface area contributed by atoms with Crippen LogP contribution in [0.3, 0.4) is 0 Å². The SMILES string of the molecule is COc1cc(CN[C@@H](Cc2c[nH]c3ccccc23)C(=O)O)cc(Cl)c1OCc1ccc(Cl)cc1. The molecule has 0 unspecified atom stereocenters. The highest BCUT2D eigenvalue weighted by atomic mass is 35.5. The van der Waals surface area contributed by atoms with Gasteiger partial charge in [0.1, 0.15) is 12.6 Å². The molecule has 1 aromatic heterocycles. The van der Waals surface area contributed by atoms with E-state index in [1.54, 1.807) is 24.3 Å². The van der Waals surface area contributed by atoms with Gasteiger partial charge in [-0.25, -0.2) is 0 Å². The molecule has 3 N–H and O–H groups in total. The average molecular weight is 499 g/mol. The molecule has 1 atom stereocenters. The molecule has 0 aliphatic carbocycles. The number of carboxylic acids is 1. The topological polar surface area (TPSA) is 83.6 Å². The van der Waals surface area contributed by atoms with Gasteiger partial charge >= 0.3 is 5.97 Å². The van der Waals surface area contributed by atoms with E-state index in [1.165, 1.54) is 7.11 Å². The van der Waals surface area contributed by atoms with Gasteiger partial charge in [-0.3, -0.25) is 4.79 Å². The van der Waals surface area contributed by atoms with Crippen LogP contribution in [0, 0.1) is 0 Å². The smallest absolute Gasteiger partial charge is 0.321 e. The van der Waals surface area contributed by atoms with Crippen molar-refractivity contribution < 1.29 is 19.4 Å². The van der Waals surface area contributed by atoms with Crippen LogP contribution < -0.4 is 14.8 Å². The molecule has 0 fully saturated rings. The molecule has 8 heteroatoms. The van der Waals surface area contributed by atoms with Gasteiger partial charge in [-0.1, -0.05) is 53.5 Å². The zero-order valence-corrected chi connectivity index (χ0v) is 20.0. The highest BCUT2D eigenvalue weighted by molar-refractivity contribution is 6.32. The molecule has 0 bridgehead atoms. The number of nitrogens with one attached hydrogen (secondary N) is 2. The van der Waals surface area contributed by atoms with Crippen LogP contribution in [0.5, 0.6) is 11.5 Å². The highest BCUT2D eigenvalue weighted by Gasteiger charge is 2.20. The molecule has 4 aromatic rings. The molecule has 0 saturated heterocycles. The van der Waals surface area contributed by atoms with Crippen LogP contribution in [-0.4, -0.2) is 29.2 Å². The fourth-order valence-electron chi connectivity index (χ4n) is 3.76. The molecule has 0 amide bonds. The lowest BCUT2D eigenvalue weighted by Gasteiger charge is -2.17. The summed E-state index contributed by atoms with van der Waals surface area (Å²) in [6.07, 6.45) is 2.20. The number of ether oxygens (including phenoxy) is 2. The van der Waals surface area contributed by atoms with Crippen molar-refractivity contribution in [3.63, 3.8) is 0 Å². The maximum atomic E-state index is 11.9. The predicted molar refractivity (Wildman–Crippen MR) is 134 cm³/mol. The van der Waals surface area contributed by atoms with E-state index in [1.807, 2.05) is 42.6 Å². The lowest BCUT2D eigenvalue weighted by Crippen LogP contribution is -2.38. The Morgan fingerprint density at radius 3 is 2.59 bits per heavy atom. The Balaban J connectivity index is 1.45. The number of methoxy groups -OCH3 is 1. The van der Waals surface area contributed by atoms with Gasteiger partial charge in [0.25, 0.3) is 0 Å². The normalized spacial score (nSPS) is 12.0. The Morgan fingerprint density at radius 1 is 1.09 bits per heavy atom. The number of benzene rings is 3. The van der Waals surface area contributed by atoms with Crippen molar-refractivity contribution in [1.82, 2.24) is 10.3 Å². The van der Waals surface area contributed by atoms with Crippen LogP contribution in [0.15, 0.2) is 66.9 Å². The van der Waals surface area contributed by atoms with Gasteiger partial charge in [0.2, 0.25) is 0 Å². The maximum Gasteiger partial charge on any atom is 0.321 e. The first-order valence-corrected chi connectivity index (χ1v) is 11.4. The molecule has 6 nitrogen and oxygen atoms in total. The quantitative estimate of drug-likeness (QED) is 0.255. The molecule has 0 radical (unpaired) electrons. The number of aromatic amines is 1. The van der Waals surface area contributed by atoms with Crippen LogP contribution in [0.4, 0.5) is 0 Å². The van der Waals surface area contributed by atoms with E-state index in [-0.39, 0.29) is 0 Å². The summed E-state index contributed by atoms with van der Waals surface area (Å²) in [6, 6.07) is 17.9. The molecule has 0 saturated carbocycles. The van der Waals surface area contributed by atoms with E-state index in [0.717, 1.165) is 27.6 Å². The van der Waals surface area contributed by atoms with Crippen molar-refractivity contribution in [3.05, 3.63) is 93.6 Å². The Hall–Kier alpha value is -3.19. The van der Waals surface area contributed by atoms with E-state index >= 15 is 0 Å². The summed E-state index contributed by atoms with van der Waals surface area (Å²) in [5.41, 5.74) is 3.64. The van der Waals surface area contributed by atoms with Crippen LogP contribution in [0.2, 0.25) is 10.0 Å². The Bertz CT molecular complexity index is 1290. The second-order valence-corrected chi connectivity index (χ2v) is 8.70. The predicted octanol–water partition coefficient (Wildman–Crippen LogP) is 5.85. The van der Waals surface area contributed by atoms with E-state index in [0.29, 0.717) is 41.1 Å². The van der Waals surface area contributed by atoms with Gasteiger partial charge in [-0.15, -0.1) is 0 Å². The number of aromatic nitrogens is 1. The van der Waals surface area contributed by atoms with Crippen molar-refractivity contribution in [2.45, 2.75) is 25.6 Å². The zero-order chi connectivity index (χ0) is 24.1. The van der Waals surface area contributed by atoms with Crippen molar-refractivity contribution in [2.75, 3.05) is 7.11 Å². The standard InChI is InChI=1S/C26H24Cl2N2O4/c1-33-24-11-17(10-21(28)25(24)34-15-16-6-8-19(27)9-7-16)13-29-23(26(31)32)12-18-14-30-22-5-3-2-4-20(18)22/h2-11,14,23,29-30H,12-13,15H2,1H3,(H,31,32)/t23-/m0/s1. The van der Waals surface area contributed by atoms with Gasteiger partial charge in [-0.2, -0.15) is 0 Å². The zero-order valence-electron chi connectivity index (χ0n) is 18.5. The molecule has 0 spiro atoms. The third-order valence-corrected chi connectivity index (χ3v) is 6.07. The lowest BCUT2D eigenvalue weighted by atomic mass is 10.0. The average Bonchev–Trinajstić information content (AvgIpc) is 3.24. The summed E-state index contributed by atoms with van der Waals surface area (Å²) in [7, 11) is 1.54. The van der Waals surface area contributed by atoms with Gasteiger partial charge in [0, 0.05) is 35.1 Å². The van der Waals surface area contributed by atoms with Gasteiger partial charge in [-0.05, 0) is 47.0 Å².